The monoisotopic (exact) mass is 281 g/mol. The molecule has 2 N–H and O–H groups in total. The van der Waals surface area contributed by atoms with Crippen LogP contribution in [0.25, 0.3) is 0 Å². The van der Waals surface area contributed by atoms with Crippen LogP contribution in [0, 0.1) is 0 Å². The average Bonchev–Trinajstić information content (AvgIpc) is 2.91. The van der Waals surface area contributed by atoms with E-state index in [1.807, 2.05) is 24.0 Å². The Morgan fingerprint density at radius 1 is 1.47 bits per heavy atom. The molecule has 1 aromatic rings. The SMILES string of the molecule is CCN(CC1CCCN1)C(=O)Nc1ccc(Cl)cc1. The van der Waals surface area contributed by atoms with Gasteiger partial charge in [-0.2, -0.15) is 0 Å². The fraction of sp³-hybridized carbons (Fsp3) is 0.500. The predicted octanol–water partition coefficient (Wildman–Crippen LogP) is 2.95. The minimum Gasteiger partial charge on any atom is -0.323 e. The number of halogens is 1. The van der Waals surface area contributed by atoms with Gasteiger partial charge in [0, 0.05) is 29.8 Å². The Bertz CT molecular complexity index is 415. The van der Waals surface area contributed by atoms with E-state index in [1.165, 1.54) is 6.42 Å². The fourth-order valence-corrected chi connectivity index (χ4v) is 2.40. The lowest BCUT2D eigenvalue weighted by Crippen LogP contribution is -2.43. The number of carbonyl (C=O) groups excluding carboxylic acids is 1. The van der Waals surface area contributed by atoms with Crippen LogP contribution in [0.2, 0.25) is 5.02 Å². The van der Waals surface area contributed by atoms with E-state index in [0.29, 0.717) is 17.6 Å². The van der Waals surface area contributed by atoms with Crippen LogP contribution in [0.15, 0.2) is 24.3 Å². The van der Waals surface area contributed by atoms with Crippen molar-refractivity contribution in [1.29, 1.82) is 0 Å². The molecule has 1 fully saturated rings. The van der Waals surface area contributed by atoms with E-state index in [4.69, 9.17) is 11.6 Å². The van der Waals surface area contributed by atoms with Gasteiger partial charge in [0.25, 0.3) is 0 Å². The third-order valence-electron chi connectivity index (χ3n) is 3.37. The van der Waals surface area contributed by atoms with Gasteiger partial charge in [-0.1, -0.05) is 11.6 Å². The molecule has 0 aromatic heterocycles. The molecule has 1 aliphatic heterocycles. The highest BCUT2D eigenvalue weighted by Crippen LogP contribution is 2.14. The molecule has 0 radical (unpaired) electrons. The smallest absolute Gasteiger partial charge is 0.321 e. The minimum atomic E-state index is -0.0569. The summed E-state index contributed by atoms with van der Waals surface area (Å²) in [6, 6.07) is 7.52. The van der Waals surface area contributed by atoms with Crippen LogP contribution >= 0.6 is 11.6 Å². The number of nitrogens with one attached hydrogen (secondary N) is 2. The number of likely N-dealkylation sites (N-methyl/N-ethyl adjacent to an activating group) is 1. The molecule has 4 nitrogen and oxygen atoms in total. The molecule has 1 unspecified atom stereocenters. The molecule has 1 atom stereocenters. The van der Waals surface area contributed by atoms with Gasteiger partial charge in [-0.05, 0) is 50.6 Å². The summed E-state index contributed by atoms with van der Waals surface area (Å²) < 4.78 is 0. The molecular weight excluding hydrogens is 262 g/mol. The van der Waals surface area contributed by atoms with Crippen molar-refractivity contribution in [2.75, 3.05) is 25.0 Å². The number of hydrogen-bond donors (Lipinski definition) is 2. The molecule has 5 heteroatoms. The van der Waals surface area contributed by atoms with Crippen molar-refractivity contribution < 1.29 is 4.79 Å². The Morgan fingerprint density at radius 3 is 2.79 bits per heavy atom. The molecule has 1 saturated heterocycles. The van der Waals surface area contributed by atoms with Crippen molar-refractivity contribution in [3.05, 3.63) is 29.3 Å². The van der Waals surface area contributed by atoms with Gasteiger partial charge in [0.1, 0.15) is 0 Å². The average molecular weight is 282 g/mol. The predicted molar refractivity (Wildman–Crippen MR) is 78.7 cm³/mol. The summed E-state index contributed by atoms with van der Waals surface area (Å²) in [5.41, 5.74) is 0.771. The van der Waals surface area contributed by atoms with E-state index in [2.05, 4.69) is 10.6 Å². The zero-order valence-corrected chi connectivity index (χ0v) is 11.9. The normalized spacial score (nSPS) is 18.3. The van der Waals surface area contributed by atoms with E-state index in [1.54, 1.807) is 12.1 Å². The number of anilines is 1. The topological polar surface area (TPSA) is 44.4 Å². The highest BCUT2D eigenvalue weighted by atomic mass is 35.5. The van der Waals surface area contributed by atoms with Gasteiger partial charge in [-0.3, -0.25) is 0 Å². The molecule has 1 heterocycles. The number of rotatable bonds is 4. The lowest BCUT2D eigenvalue weighted by Gasteiger charge is -2.24. The minimum absolute atomic E-state index is 0.0569. The molecular formula is C14H20ClN3O. The van der Waals surface area contributed by atoms with Gasteiger partial charge in [-0.25, -0.2) is 4.79 Å². The molecule has 1 aromatic carbocycles. The van der Waals surface area contributed by atoms with Gasteiger partial charge >= 0.3 is 6.03 Å². The summed E-state index contributed by atoms with van der Waals surface area (Å²) >= 11 is 5.82. The quantitative estimate of drug-likeness (QED) is 0.891. The molecule has 0 spiro atoms. The van der Waals surface area contributed by atoms with Crippen molar-refractivity contribution in [3.63, 3.8) is 0 Å². The second-order valence-electron chi connectivity index (χ2n) is 4.77. The Hall–Kier alpha value is -1.26. The Balaban J connectivity index is 1.90. The van der Waals surface area contributed by atoms with Crippen molar-refractivity contribution in [3.8, 4) is 0 Å². The van der Waals surface area contributed by atoms with Crippen LogP contribution in [0.1, 0.15) is 19.8 Å². The van der Waals surface area contributed by atoms with E-state index >= 15 is 0 Å². The Labute approximate surface area is 119 Å². The summed E-state index contributed by atoms with van der Waals surface area (Å²) in [5, 5.41) is 6.97. The highest BCUT2D eigenvalue weighted by Gasteiger charge is 2.20. The maximum Gasteiger partial charge on any atom is 0.321 e. The first-order valence-electron chi connectivity index (χ1n) is 6.74. The zero-order chi connectivity index (χ0) is 13.7. The number of amides is 2. The van der Waals surface area contributed by atoms with E-state index in [0.717, 1.165) is 25.2 Å². The lowest BCUT2D eigenvalue weighted by molar-refractivity contribution is 0.209. The second-order valence-corrected chi connectivity index (χ2v) is 5.21. The maximum absolute atomic E-state index is 12.2. The second kappa shape index (κ2) is 6.78. The van der Waals surface area contributed by atoms with Crippen LogP contribution in [0.3, 0.4) is 0 Å². The first kappa shape index (κ1) is 14.2. The highest BCUT2D eigenvalue weighted by molar-refractivity contribution is 6.30. The van der Waals surface area contributed by atoms with Gasteiger partial charge in [-0.15, -0.1) is 0 Å². The third kappa shape index (κ3) is 4.11. The molecule has 0 bridgehead atoms. The Morgan fingerprint density at radius 2 is 2.21 bits per heavy atom. The van der Waals surface area contributed by atoms with Crippen molar-refractivity contribution in [1.82, 2.24) is 10.2 Å². The lowest BCUT2D eigenvalue weighted by atomic mass is 10.2. The zero-order valence-electron chi connectivity index (χ0n) is 11.2. The van der Waals surface area contributed by atoms with Gasteiger partial charge < -0.3 is 15.5 Å². The Kier molecular flexibility index (Phi) is 5.05. The summed E-state index contributed by atoms with van der Waals surface area (Å²) in [6.07, 6.45) is 2.34. The van der Waals surface area contributed by atoms with E-state index in [9.17, 15) is 4.79 Å². The van der Waals surface area contributed by atoms with E-state index in [-0.39, 0.29) is 6.03 Å². The number of nitrogens with zero attached hydrogens (tertiary/aromatic N) is 1. The van der Waals surface area contributed by atoms with Gasteiger partial charge in [0.05, 0.1) is 0 Å². The number of hydrogen-bond acceptors (Lipinski definition) is 2. The fourth-order valence-electron chi connectivity index (χ4n) is 2.27. The molecule has 104 valence electrons. The van der Waals surface area contributed by atoms with Crippen LogP contribution in [-0.4, -0.2) is 36.6 Å². The van der Waals surface area contributed by atoms with Gasteiger partial charge in [0.15, 0.2) is 0 Å². The largest absolute Gasteiger partial charge is 0.323 e. The number of carbonyl (C=O) groups is 1. The van der Waals surface area contributed by atoms with Crippen molar-refractivity contribution in [2.24, 2.45) is 0 Å². The third-order valence-corrected chi connectivity index (χ3v) is 3.62. The number of benzene rings is 1. The summed E-state index contributed by atoms with van der Waals surface area (Å²) in [7, 11) is 0. The summed E-state index contributed by atoms with van der Waals surface area (Å²) in [4.78, 5) is 14.0. The van der Waals surface area contributed by atoms with Crippen LogP contribution < -0.4 is 10.6 Å². The summed E-state index contributed by atoms with van der Waals surface area (Å²) in [6.45, 7) is 4.52. The van der Waals surface area contributed by atoms with Crippen LogP contribution in [0.4, 0.5) is 10.5 Å². The van der Waals surface area contributed by atoms with Gasteiger partial charge in [0.2, 0.25) is 0 Å². The molecule has 0 saturated carbocycles. The van der Waals surface area contributed by atoms with Crippen molar-refractivity contribution >= 4 is 23.3 Å². The van der Waals surface area contributed by atoms with E-state index < -0.39 is 0 Å². The van der Waals surface area contributed by atoms with Crippen LogP contribution in [0.5, 0.6) is 0 Å². The molecule has 0 aliphatic carbocycles. The van der Waals surface area contributed by atoms with Crippen molar-refractivity contribution in [2.45, 2.75) is 25.8 Å². The van der Waals surface area contributed by atoms with Crippen LogP contribution in [-0.2, 0) is 0 Å². The first-order chi connectivity index (χ1) is 9.19. The maximum atomic E-state index is 12.2. The standard InChI is InChI=1S/C14H20ClN3O/c1-2-18(10-13-4-3-9-16-13)14(19)17-12-7-5-11(15)6-8-12/h5-8,13,16H,2-4,9-10H2,1H3,(H,17,19). The molecule has 1 aliphatic rings. The molecule has 19 heavy (non-hydrogen) atoms. The molecule has 2 rings (SSSR count). The number of urea groups is 1. The summed E-state index contributed by atoms with van der Waals surface area (Å²) in [5.74, 6) is 0. The molecule has 2 amide bonds. The first-order valence-corrected chi connectivity index (χ1v) is 7.11.